The highest BCUT2D eigenvalue weighted by molar-refractivity contribution is 7.51. The Labute approximate surface area is 141 Å². The Bertz CT molecular complexity index is 966. The lowest BCUT2D eigenvalue weighted by molar-refractivity contribution is -0.384. The molecule has 1 heterocycles. The number of amides is 2. The molecular weight excluding hydrogens is 351 g/mol. The Morgan fingerprint density at radius 3 is 2.44 bits per heavy atom. The molecule has 0 fully saturated rings. The van der Waals surface area contributed by atoms with Gasteiger partial charge < -0.3 is 9.79 Å². The normalized spacial score (nSPS) is 14.2. The average Bonchev–Trinajstić information content (AvgIpc) is 2.54. The molecule has 2 amide bonds. The molecule has 0 saturated carbocycles. The van der Waals surface area contributed by atoms with Crippen molar-refractivity contribution in [3.63, 3.8) is 0 Å². The fourth-order valence-electron chi connectivity index (χ4n) is 2.89. The Morgan fingerprint density at radius 2 is 1.80 bits per heavy atom. The lowest BCUT2D eigenvalue weighted by Crippen LogP contribution is -2.41. The fourth-order valence-corrected chi connectivity index (χ4v) is 3.44. The van der Waals surface area contributed by atoms with E-state index in [2.05, 4.69) is 0 Å². The third kappa shape index (κ3) is 3.17. The molecule has 10 heteroatoms. The number of non-ortho nitro benzene ring substituents is 1. The van der Waals surface area contributed by atoms with E-state index in [9.17, 15) is 24.3 Å². The number of nitrogens with zero attached hydrogens (tertiary/aromatic N) is 2. The van der Waals surface area contributed by atoms with Crippen LogP contribution in [0.1, 0.15) is 27.1 Å². The van der Waals surface area contributed by atoms with Crippen molar-refractivity contribution < 1.29 is 28.9 Å². The van der Waals surface area contributed by atoms with Crippen LogP contribution in [0.4, 0.5) is 5.69 Å². The van der Waals surface area contributed by atoms with Gasteiger partial charge in [0.15, 0.2) is 0 Å². The summed E-state index contributed by atoms with van der Waals surface area (Å²) in [5.74, 6) is -1.29. The zero-order valence-electron chi connectivity index (χ0n) is 12.8. The average molecular weight is 364 g/mol. The van der Waals surface area contributed by atoms with Crippen molar-refractivity contribution in [2.75, 3.05) is 12.7 Å². The first-order valence-electron chi connectivity index (χ1n) is 7.31. The lowest BCUT2D eigenvalue weighted by Gasteiger charge is -2.27. The van der Waals surface area contributed by atoms with E-state index < -0.39 is 30.5 Å². The maximum Gasteiger partial charge on any atom is 0.325 e. The zero-order valence-corrected chi connectivity index (χ0v) is 13.7. The molecule has 0 saturated heterocycles. The van der Waals surface area contributed by atoms with Crippen LogP contribution in [0.2, 0.25) is 0 Å². The Morgan fingerprint density at radius 1 is 1.12 bits per heavy atom. The molecule has 2 aromatic carbocycles. The minimum Gasteiger partial charge on any atom is -0.324 e. The van der Waals surface area contributed by atoms with Crippen LogP contribution in [0.5, 0.6) is 0 Å². The summed E-state index contributed by atoms with van der Waals surface area (Å²) in [6.45, 7) is -0.179. The first-order valence-corrected chi connectivity index (χ1v) is 9.11. The number of rotatable bonds is 5. The van der Waals surface area contributed by atoms with Gasteiger partial charge in [0, 0.05) is 29.6 Å². The van der Waals surface area contributed by atoms with Crippen molar-refractivity contribution in [1.29, 1.82) is 0 Å². The largest absolute Gasteiger partial charge is 0.325 e. The summed E-state index contributed by atoms with van der Waals surface area (Å²) in [6.07, 6.45) is -0.530. The topological polar surface area (TPSA) is 138 Å². The molecular formula is C15H13N2O7P. The summed E-state index contributed by atoms with van der Waals surface area (Å²) in [5.41, 5.74) is 0.00581. The molecule has 0 bridgehead atoms. The molecule has 1 aliphatic rings. The van der Waals surface area contributed by atoms with Gasteiger partial charge in [0.1, 0.15) is 0 Å². The molecule has 130 valence electrons. The van der Waals surface area contributed by atoms with E-state index in [4.69, 9.17) is 9.79 Å². The van der Waals surface area contributed by atoms with Gasteiger partial charge >= 0.3 is 7.60 Å². The van der Waals surface area contributed by atoms with E-state index in [0.717, 1.165) is 11.0 Å². The van der Waals surface area contributed by atoms with Crippen molar-refractivity contribution in [2.45, 2.75) is 6.42 Å². The van der Waals surface area contributed by atoms with Gasteiger partial charge in [-0.2, -0.15) is 0 Å². The molecule has 0 aromatic heterocycles. The molecule has 3 rings (SSSR count). The lowest BCUT2D eigenvalue weighted by atomic mass is 9.93. The highest BCUT2D eigenvalue weighted by Gasteiger charge is 2.34. The number of hydrogen-bond donors (Lipinski definition) is 2. The van der Waals surface area contributed by atoms with Gasteiger partial charge in [-0.1, -0.05) is 12.1 Å². The van der Waals surface area contributed by atoms with E-state index >= 15 is 0 Å². The molecule has 0 unspecified atom stereocenters. The molecule has 9 nitrogen and oxygen atoms in total. The summed E-state index contributed by atoms with van der Waals surface area (Å²) in [4.78, 5) is 54.3. The summed E-state index contributed by atoms with van der Waals surface area (Å²) in [7, 11) is -4.24. The van der Waals surface area contributed by atoms with Gasteiger partial charge in [0.2, 0.25) is 0 Å². The number of carbonyl (C=O) groups is 2. The predicted molar refractivity (Wildman–Crippen MR) is 87.5 cm³/mol. The van der Waals surface area contributed by atoms with Crippen LogP contribution in [0.3, 0.4) is 0 Å². The van der Waals surface area contributed by atoms with E-state index in [-0.39, 0.29) is 29.8 Å². The third-order valence-corrected chi connectivity index (χ3v) is 4.85. The highest BCUT2D eigenvalue weighted by atomic mass is 31.2. The van der Waals surface area contributed by atoms with Crippen LogP contribution in [0.25, 0.3) is 10.8 Å². The van der Waals surface area contributed by atoms with Crippen LogP contribution in [0.15, 0.2) is 30.3 Å². The predicted octanol–water partition coefficient (Wildman–Crippen LogP) is 1.91. The van der Waals surface area contributed by atoms with E-state index in [0.29, 0.717) is 10.8 Å². The van der Waals surface area contributed by atoms with Crippen LogP contribution >= 0.6 is 7.60 Å². The van der Waals surface area contributed by atoms with Crippen LogP contribution < -0.4 is 0 Å². The number of hydrogen-bond acceptors (Lipinski definition) is 5. The second-order valence-corrected chi connectivity index (χ2v) is 7.43. The van der Waals surface area contributed by atoms with Gasteiger partial charge in [-0.25, -0.2) is 0 Å². The number of nitro groups is 1. The molecule has 2 aromatic rings. The molecule has 1 aliphatic heterocycles. The van der Waals surface area contributed by atoms with E-state index in [1.54, 1.807) is 12.1 Å². The second-order valence-electron chi connectivity index (χ2n) is 5.66. The van der Waals surface area contributed by atoms with Gasteiger partial charge in [0.25, 0.3) is 17.5 Å². The second kappa shape index (κ2) is 6.03. The molecule has 25 heavy (non-hydrogen) atoms. The maximum atomic E-state index is 12.6. The maximum absolute atomic E-state index is 12.6. The van der Waals surface area contributed by atoms with E-state index in [1.807, 2.05) is 0 Å². The smallest absolute Gasteiger partial charge is 0.324 e. The Balaban J connectivity index is 2.05. The van der Waals surface area contributed by atoms with Crippen molar-refractivity contribution >= 4 is 35.9 Å². The summed E-state index contributed by atoms with van der Waals surface area (Å²) >= 11 is 0. The van der Waals surface area contributed by atoms with Gasteiger partial charge in [-0.05, 0) is 17.9 Å². The van der Waals surface area contributed by atoms with Gasteiger partial charge in [-0.3, -0.25) is 29.2 Å². The minimum atomic E-state index is -4.24. The highest BCUT2D eigenvalue weighted by Crippen LogP contribution is 2.36. The zero-order chi connectivity index (χ0) is 18.4. The number of carbonyl (C=O) groups excluding carboxylic acids is 2. The molecule has 0 radical (unpaired) electrons. The molecule has 0 atom stereocenters. The molecule has 2 N–H and O–H groups in total. The van der Waals surface area contributed by atoms with Crippen molar-refractivity contribution in [1.82, 2.24) is 4.90 Å². The van der Waals surface area contributed by atoms with E-state index in [1.165, 1.54) is 12.1 Å². The fraction of sp³-hybridized carbons (Fsp3) is 0.200. The van der Waals surface area contributed by atoms with Crippen LogP contribution in [0, 0.1) is 10.1 Å². The SMILES string of the molecule is O=C1c2cccc3cc([N+](=O)[O-])cc(c23)C(=O)N1CCCP(=O)(O)O. The van der Waals surface area contributed by atoms with Crippen LogP contribution in [-0.2, 0) is 4.57 Å². The summed E-state index contributed by atoms with van der Waals surface area (Å²) in [5, 5.41) is 11.8. The first-order chi connectivity index (χ1) is 11.7. The number of benzene rings is 2. The molecule has 0 aliphatic carbocycles. The quantitative estimate of drug-likeness (QED) is 0.358. The molecule has 0 spiro atoms. The Hall–Kier alpha value is -2.61. The van der Waals surface area contributed by atoms with Crippen molar-refractivity contribution in [3.05, 3.63) is 51.6 Å². The summed E-state index contributed by atoms with van der Waals surface area (Å²) < 4.78 is 10.9. The van der Waals surface area contributed by atoms with Gasteiger partial charge in [-0.15, -0.1) is 0 Å². The summed E-state index contributed by atoms with van der Waals surface area (Å²) in [6, 6.07) is 7.08. The first kappa shape index (κ1) is 17.2. The standard InChI is InChI=1S/C15H13N2O7P/c18-14-11-4-1-3-9-7-10(17(20)21)8-12(13(9)11)15(19)16(14)5-2-6-25(22,23)24/h1,3-4,7-8H,2,5-6H2,(H2,22,23,24). The minimum absolute atomic E-state index is 0.0376. The third-order valence-electron chi connectivity index (χ3n) is 3.95. The Kier molecular flexibility index (Phi) is 4.16. The number of imide groups is 1. The van der Waals surface area contributed by atoms with Crippen molar-refractivity contribution in [2.24, 2.45) is 0 Å². The van der Waals surface area contributed by atoms with Gasteiger partial charge in [0.05, 0.1) is 16.6 Å². The number of nitro benzene ring substituents is 1. The monoisotopic (exact) mass is 364 g/mol. The van der Waals surface area contributed by atoms with Crippen LogP contribution in [-0.4, -0.2) is 44.1 Å². The van der Waals surface area contributed by atoms with Crippen molar-refractivity contribution in [3.8, 4) is 0 Å².